The van der Waals surface area contributed by atoms with Crippen LogP contribution in [0.3, 0.4) is 0 Å². The zero-order valence-electron chi connectivity index (χ0n) is 10.4. The van der Waals surface area contributed by atoms with Crippen molar-refractivity contribution in [3.05, 3.63) is 0 Å². The van der Waals surface area contributed by atoms with Crippen LogP contribution in [-0.4, -0.2) is 30.3 Å². The van der Waals surface area contributed by atoms with Crippen molar-refractivity contribution >= 4 is 12.1 Å². The first-order chi connectivity index (χ1) is 7.26. The average molecular weight is 232 g/mol. The number of hydrogen-bond donors (Lipinski definition) is 2. The molecule has 0 bridgehead atoms. The number of carbonyl (C=O) groups excluding carboxylic acids is 2. The summed E-state index contributed by atoms with van der Waals surface area (Å²) in [5.74, 6) is -0.432. The summed E-state index contributed by atoms with van der Waals surface area (Å²) in [6.45, 7) is 8.85. The number of rotatable bonds is 4. The molecular weight excluding hydrogens is 212 g/mol. The summed E-state index contributed by atoms with van der Waals surface area (Å²) in [6.07, 6.45) is -0.636. The van der Waals surface area contributed by atoms with Crippen LogP contribution in [0, 0.1) is 0 Å². The van der Waals surface area contributed by atoms with E-state index in [2.05, 4.69) is 10.9 Å². The van der Waals surface area contributed by atoms with Crippen LogP contribution in [0.4, 0.5) is 4.79 Å². The summed E-state index contributed by atoms with van der Waals surface area (Å²) in [5, 5.41) is 0. The molecule has 16 heavy (non-hydrogen) atoms. The highest BCUT2D eigenvalue weighted by atomic mass is 16.6. The quantitative estimate of drug-likeness (QED) is 0.558. The number of carbonyl (C=O) groups is 2. The van der Waals surface area contributed by atoms with Crippen molar-refractivity contribution in [1.82, 2.24) is 10.9 Å². The lowest BCUT2D eigenvalue weighted by Gasteiger charge is -2.20. The molecule has 2 N–H and O–H groups in total. The summed E-state index contributed by atoms with van der Waals surface area (Å²) in [4.78, 5) is 22.4. The van der Waals surface area contributed by atoms with Gasteiger partial charge in [0.15, 0.2) is 0 Å². The zero-order valence-corrected chi connectivity index (χ0v) is 10.4. The monoisotopic (exact) mass is 232 g/mol. The minimum absolute atomic E-state index is 0.303. The van der Waals surface area contributed by atoms with E-state index in [9.17, 15) is 9.59 Å². The van der Waals surface area contributed by atoms with Gasteiger partial charge in [0, 0.05) is 0 Å². The molecule has 0 spiro atoms. The summed E-state index contributed by atoms with van der Waals surface area (Å²) >= 11 is 0. The molecule has 0 aromatic rings. The van der Waals surface area contributed by atoms with Crippen molar-refractivity contribution in [3.63, 3.8) is 0 Å². The van der Waals surface area contributed by atoms with Crippen molar-refractivity contribution in [2.75, 3.05) is 6.61 Å². The second-order valence-corrected chi connectivity index (χ2v) is 4.24. The van der Waals surface area contributed by atoms with Crippen molar-refractivity contribution in [2.24, 2.45) is 0 Å². The Hall–Kier alpha value is -1.30. The summed E-state index contributed by atoms with van der Waals surface area (Å²) in [6, 6.07) is -0.618. The Morgan fingerprint density at radius 2 is 1.88 bits per heavy atom. The second-order valence-electron chi connectivity index (χ2n) is 4.24. The molecule has 0 fully saturated rings. The molecule has 0 unspecified atom stereocenters. The number of nitrogens with one attached hydrogen (secondary N) is 2. The van der Waals surface area contributed by atoms with E-state index in [1.54, 1.807) is 34.6 Å². The Balaban J connectivity index is 3.88. The fourth-order valence-electron chi connectivity index (χ4n) is 0.797. The molecule has 6 heteroatoms. The van der Waals surface area contributed by atoms with Crippen molar-refractivity contribution in [2.45, 2.75) is 46.3 Å². The molecule has 0 saturated heterocycles. The second kappa shape index (κ2) is 6.32. The van der Waals surface area contributed by atoms with Crippen molar-refractivity contribution < 1.29 is 19.1 Å². The Kier molecular flexibility index (Phi) is 5.81. The van der Waals surface area contributed by atoms with E-state index >= 15 is 0 Å². The predicted molar refractivity (Wildman–Crippen MR) is 58.6 cm³/mol. The lowest BCUT2D eigenvalue weighted by atomic mass is 10.2. The molecule has 0 rings (SSSR count). The van der Waals surface area contributed by atoms with Gasteiger partial charge in [0.05, 0.1) is 6.61 Å². The maximum absolute atomic E-state index is 11.2. The van der Waals surface area contributed by atoms with Gasteiger partial charge >= 0.3 is 12.1 Å². The number of esters is 1. The van der Waals surface area contributed by atoms with Crippen molar-refractivity contribution in [1.29, 1.82) is 0 Å². The van der Waals surface area contributed by atoms with Crippen LogP contribution in [0.2, 0.25) is 0 Å². The van der Waals surface area contributed by atoms with E-state index in [4.69, 9.17) is 9.47 Å². The Labute approximate surface area is 95.6 Å². The minimum Gasteiger partial charge on any atom is -0.465 e. The Morgan fingerprint density at radius 3 is 2.31 bits per heavy atom. The third kappa shape index (κ3) is 7.05. The molecule has 94 valence electrons. The SMILES string of the molecule is CCOC(=O)[C@@H](C)NNC(=O)OC(C)(C)C. The Morgan fingerprint density at radius 1 is 1.31 bits per heavy atom. The van der Waals surface area contributed by atoms with Gasteiger partial charge in [-0.25, -0.2) is 10.2 Å². The first-order valence-electron chi connectivity index (χ1n) is 5.17. The van der Waals surface area contributed by atoms with Gasteiger partial charge in [-0.15, -0.1) is 0 Å². The molecule has 0 aromatic heterocycles. The first-order valence-corrected chi connectivity index (χ1v) is 5.17. The summed E-state index contributed by atoms with van der Waals surface area (Å²) < 4.78 is 9.71. The van der Waals surface area contributed by atoms with Crippen LogP contribution in [0.5, 0.6) is 0 Å². The van der Waals surface area contributed by atoms with Crippen LogP contribution in [0.1, 0.15) is 34.6 Å². The molecule has 0 aliphatic heterocycles. The number of amides is 1. The molecule has 0 aliphatic carbocycles. The zero-order chi connectivity index (χ0) is 12.8. The van der Waals surface area contributed by atoms with E-state index in [1.807, 2.05) is 0 Å². The number of hydrogen-bond acceptors (Lipinski definition) is 5. The molecule has 0 saturated carbocycles. The highest BCUT2D eigenvalue weighted by Crippen LogP contribution is 2.05. The van der Waals surface area contributed by atoms with E-state index in [-0.39, 0.29) is 0 Å². The average Bonchev–Trinajstić information content (AvgIpc) is 2.11. The van der Waals surface area contributed by atoms with E-state index < -0.39 is 23.7 Å². The molecule has 0 aliphatic rings. The van der Waals surface area contributed by atoms with Crippen LogP contribution < -0.4 is 10.9 Å². The van der Waals surface area contributed by atoms with E-state index in [0.717, 1.165) is 0 Å². The standard InChI is InChI=1S/C10H20N2O4/c1-6-15-8(13)7(2)11-12-9(14)16-10(3,4)5/h7,11H,6H2,1-5H3,(H,12,14)/t7-/m1/s1. The maximum atomic E-state index is 11.2. The number of ether oxygens (including phenoxy) is 2. The van der Waals surface area contributed by atoms with E-state index in [1.165, 1.54) is 0 Å². The van der Waals surface area contributed by atoms with Crippen LogP contribution >= 0.6 is 0 Å². The third-order valence-corrected chi connectivity index (χ3v) is 1.43. The summed E-state index contributed by atoms with van der Waals surface area (Å²) in [7, 11) is 0. The van der Waals surface area contributed by atoms with Gasteiger partial charge in [-0.3, -0.25) is 10.2 Å². The molecule has 0 heterocycles. The predicted octanol–water partition coefficient (Wildman–Crippen LogP) is 0.967. The van der Waals surface area contributed by atoms with Crippen molar-refractivity contribution in [3.8, 4) is 0 Å². The van der Waals surface area contributed by atoms with Gasteiger partial charge in [0.1, 0.15) is 11.6 Å². The van der Waals surface area contributed by atoms with Gasteiger partial charge < -0.3 is 9.47 Å². The highest BCUT2D eigenvalue weighted by Gasteiger charge is 2.18. The van der Waals surface area contributed by atoms with Crippen LogP contribution in [-0.2, 0) is 14.3 Å². The normalized spacial score (nSPS) is 12.8. The van der Waals surface area contributed by atoms with Gasteiger partial charge in [-0.2, -0.15) is 0 Å². The van der Waals surface area contributed by atoms with E-state index in [0.29, 0.717) is 6.61 Å². The molecule has 1 atom stereocenters. The largest absolute Gasteiger partial charge is 0.465 e. The molecular formula is C10H20N2O4. The van der Waals surface area contributed by atoms with Gasteiger partial charge in [0.2, 0.25) is 0 Å². The smallest absolute Gasteiger partial charge is 0.422 e. The maximum Gasteiger partial charge on any atom is 0.422 e. The topological polar surface area (TPSA) is 76.7 Å². The summed E-state index contributed by atoms with van der Waals surface area (Å²) in [5.41, 5.74) is 4.19. The first kappa shape index (κ1) is 14.7. The minimum atomic E-state index is -0.636. The fourth-order valence-corrected chi connectivity index (χ4v) is 0.797. The lowest BCUT2D eigenvalue weighted by molar-refractivity contribution is -0.145. The van der Waals surface area contributed by atoms with Crippen LogP contribution in [0.25, 0.3) is 0 Å². The van der Waals surface area contributed by atoms with Gasteiger partial charge in [-0.05, 0) is 34.6 Å². The molecule has 0 aromatic carbocycles. The fraction of sp³-hybridized carbons (Fsp3) is 0.800. The van der Waals surface area contributed by atoms with Gasteiger partial charge in [-0.1, -0.05) is 0 Å². The van der Waals surface area contributed by atoms with Gasteiger partial charge in [0.25, 0.3) is 0 Å². The molecule has 0 radical (unpaired) electrons. The third-order valence-electron chi connectivity index (χ3n) is 1.43. The Bertz CT molecular complexity index is 248. The molecule has 1 amide bonds. The lowest BCUT2D eigenvalue weighted by Crippen LogP contribution is -2.48. The number of hydrazine groups is 1. The highest BCUT2D eigenvalue weighted by molar-refractivity contribution is 5.76. The van der Waals surface area contributed by atoms with Crippen LogP contribution in [0.15, 0.2) is 0 Å². The molecule has 6 nitrogen and oxygen atoms in total.